The number of hydrogen-bond donors (Lipinski definition) is 1. The maximum Gasteiger partial charge on any atom is 2.00 e. The van der Waals surface area contributed by atoms with Gasteiger partial charge in [-0.05, 0) is 25.2 Å². The Labute approximate surface area is 193 Å². The number of benzene rings is 2. The van der Waals surface area contributed by atoms with E-state index in [1.165, 1.54) is 18.7 Å². The van der Waals surface area contributed by atoms with Gasteiger partial charge in [-0.15, -0.1) is 0 Å². The van der Waals surface area contributed by atoms with Crippen LogP contribution in [-0.4, -0.2) is 44.5 Å². The minimum atomic E-state index is -4.01. The molecule has 0 radical (unpaired) electrons. The zero-order chi connectivity index (χ0) is 19.8. The van der Waals surface area contributed by atoms with Crippen LogP contribution in [0, 0.1) is 44.6 Å². The van der Waals surface area contributed by atoms with Crippen LogP contribution in [-0.2, 0) is 28.5 Å². The Balaban J connectivity index is 0.00000240. The van der Waals surface area contributed by atoms with Gasteiger partial charge < -0.3 is 19.3 Å². The second kappa shape index (κ2) is 9.17. The van der Waals surface area contributed by atoms with Gasteiger partial charge in [0.15, 0.2) is 6.29 Å². The zero-order valence-corrected chi connectivity index (χ0v) is 20.7. The Bertz CT molecular complexity index is 920. The first kappa shape index (κ1) is 22.9. The van der Waals surface area contributed by atoms with Crippen molar-refractivity contribution in [1.29, 1.82) is 0 Å². The van der Waals surface area contributed by atoms with Gasteiger partial charge in [0.05, 0.1) is 24.2 Å². The van der Waals surface area contributed by atoms with E-state index >= 15 is 0 Å². The Hall–Kier alpha value is -0.758. The Morgan fingerprint density at radius 3 is 2.45 bits per heavy atom. The molecule has 0 bridgehead atoms. The average Bonchev–Trinajstić information content (AvgIpc) is 3.28. The summed E-state index contributed by atoms with van der Waals surface area (Å²) >= 11 is 0. The van der Waals surface area contributed by atoms with Crippen LogP contribution in [0.2, 0.25) is 0 Å². The summed E-state index contributed by atoms with van der Waals surface area (Å²) in [6.07, 6.45) is -1.87. The predicted molar refractivity (Wildman–Crippen MR) is 98.4 cm³/mol. The second-order valence-corrected chi connectivity index (χ2v) is 8.52. The van der Waals surface area contributed by atoms with Gasteiger partial charge in [-0.2, -0.15) is 15.0 Å². The topological polar surface area (TPSA) is 91.3 Å². The van der Waals surface area contributed by atoms with Crippen molar-refractivity contribution in [2.75, 3.05) is 13.2 Å². The first-order valence-electron chi connectivity index (χ1n) is 8.87. The van der Waals surface area contributed by atoms with Gasteiger partial charge in [-0.3, -0.25) is 4.18 Å². The molecule has 0 amide bonds. The quantitative estimate of drug-likeness (QED) is 0.381. The summed E-state index contributed by atoms with van der Waals surface area (Å²) in [7, 11) is -4.01. The van der Waals surface area contributed by atoms with Crippen LogP contribution in [0.5, 0.6) is 0 Å². The molecule has 4 atom stereocenters. The van der Waals surface area contributed by atoms with Gasteiger partial charge in [0.1, 0.15) is 5.60 Å². The maximum absolute atomic E-state index is 12.5. The van der Waals surface area contributed by atoms with E-state index in [0.717, 1.165) is 11.1 Å². The van der Waals surface area contributed by atoms with Crippen molar-refractivity contribution >= 4 is 10.1 Å². The number of hydrogen-bond acceptors (Lipinski definition) is 7. The fourth-order valence-electron chi connectivity index (χ4n) is 3.26. The van der Waals surface area contributed by atoms with Gasteiger partial charge in [-0.25, -0.2) is 0 Å². The summed E-state index contributed by atoms with van der Waals surface area (Å²) in [4.78, 5) is 0.0375. The fourth-order valence-corrected chi connectivity index (χ4v) is 4.22. The number of fused-ring (bicyclic) bond motifs is 1. The number of aliphatic hydroxyl groups excluding tert-OH is 1. The molecule has 2 aliphatic heterocycles. The molecule has 4 rings (SSSR count). The molecule has 29 heavy (non-hydrogen) atoms. The molecule has 2 saturated heterocycles. The molecule has 0 spiro atoms. The van der Waals surface area contributed by atoms with Crippen LogP contribution < -0.4 is 0 Å². The first-order chi connectivity index (χ1) is 13.4. The molecule has 7 nitrogen and oxygen atoms in total. The molecule has 2 heterocycles. The summed E-state index contributed by atoms with van der Waals surface area (Å²) < 4.78 is 47.6. The predicted octanol–water partition coefficient (Wildman–Crippen LogP) is 2.11. The molecule has 0 saturated carbocycles. The van der Waals surface area contributed by atoms with Crippen molar-refractivity contribution in [2.45, 2.75) is 35.9 Å². The molecule has 2 aromatic rings. The van der Waals surface area contributed by atoms with Crippen LogP contribution >= 0.6 is 0 Å². The molecular weight excluding hydrogens is 622 g/mol. The molecule has 2 aliphatic rings. The minimum Gasteiger partial charge on any atom is -0.540 e. The van der Waals surface area contributed by atoms with Crippen LogP contribution in [0.1, 0.15) is 17.4 Å². The minimum absolute atomic E-state index is 0. The molecule has 0 aliphatic carbocycles. The van der Waals surface area contributed by atoms with Crippen LogP contribution in [0.25, 0.3) is 0 Å². The standard InChI is InChI=1S/C20H21O7S.U/c1-14-7-9-16(10-8-14)28(22,23)25-13-20(12-21)18-17(11-24-20)26-19(27-18)15-5-3-2-4-6-15;/h2-11,17-19,21H,12-13H2,1H3;/q-1;+2. The van der Waals surface area contributed by atoms with E-state index in [0.29, 0.717) is 0 Å². The third-order valence-corrected chi connectivity index (χ3v) is 6.19. The largest absolute Gasteiger partial charge is 2.00 e. The smallest absolute Gasteiger partial charge is 0.540 e. The van der Waals surface area contributed by atoms with Gasteiger partial charge in [-0.1, -0.05) is 48.0 Å². The van der Waals surface area contributed by atoms with Crippen LogP contribution in [0.4, 0.5) is 0 Å². The zero-order valence-electron chi connectivity index (χ0n) is 15.7. The van der Waals surface area contributed by atoms with E-state index in [-0.39, 0.29) is 36.0 Å². The van der Waals surface area contributed by atoms with Gasteiger partial charge in [0, 0.05) is 5.56 Å². The van der Waals surface area contributed by atoms with Gasteiger partial charge >= 0.3 is 31.1 Å². The van der Waals surface area contributed by atoms with E-state index in [1.807, 2.05) is 37.3 Å². The van der Waals surface area contributed by atoms with Crippen molar-refractivity contribution in [3.05, 3.63) is 72.3 Å². The maximum atomic E-state index is 12.5. The third-order valence-electron chi connectivity index (χ3n) is 4.91. The Morgan fingerprint density at radius 2 is 1.79 bits per heavy atom. The average molecular weight is 643 g/mol. The molecule has 4 unspecified atom stereocenters. The van der Waals surface area contributed by atoms with Crippen molar-refractivity contribution in [1.82, 2.24) is 0 Å². The van der Waals surface area contributed by atoms with E-state index < -0.39 is 47.4 Å². The summed E-state index contributed by atoms with van der Waals surface area (Å²) in [6, 6.07) is 15.7. The summed E-state index contributed by atoms with van der Waals surface area (Å²) in [5.74, 6) is 0. The van der Waals surface area contributed by atoms with E-state index in [2.05, 4.69) is 0 Å². The normalized spacial score (nSPS) is 28.7. The number of rotatable bonds is 6. The SMILES string of the molecule is Cc1ccc(S(=O)(=O)OCC2(CO)O[CH-]C3OC(c4ccccc4)OC32)cc1.[U+2]. The molecular formula is C20H21O7SU+. The van der Waals surface area contributed by atoms with E-state index in [9.17, 15) is 13.5 Å². The molecule has 9 heteroatoms. The van der Waals surface area contributed by atoms with Gasteiger partial charge in [0.2, 0.25) is 0 Å². The first-order valence-corrected chi connectivity index (χ1v) is 10.3. The van der Waals surface area contributed by atoms with E-state index in [1.54, 1.807) is 12.1 Å². The molecule has 2 aromatic carbocycles. The summed E-state index contributed by atoms with van der Waals surface area (Å²) in [5.41, 5.74) is 0.391. The molecule has 152 valence electrons. The van der Waals surface area contributed by atoms with Crippen LogP contribution in [0.3, 0.4) is 0 Å². The van der Waals surface area contributed by atoms with Crippen molar-refractivity contribution in [3.8, 4) is 0 Å². The molecule has 1 N–H and O–H groups in total. The molecule has 2 fully saturated rings. The fraction of sp³-hybridized carbons (Fsp3) is 0.350. The van der Waals surface area contributed by atoms with Crippen molar-refractivity contribution < 1.29 is 63.0 Å². The Kier molecular flexibility index (Phi) is 7.24. The van der Waals surface area contributed by atoms with Gasteiger partial charge in [0.25, 0.3) is 10.1 Å². The number of aryl methyl sites for hydroxylation is 1. The monoisotopic (exact) mass is 643 g/mol. The molecule has 0 aromatic heterocycles. The Morgan fingerprint density at radius 1 is 1.10 bits per heavy atom. The van der Waals surface area contributed by atoms with Crippen LogP contribution in [0.15, 0.2) is 59.5 Å². The van der Waals surface area contributed by atoms with Crippen molar-refractivity contribution in [3.63, 3.8) is 0 Å². The van der Waals surface area contributed by atoms with E-state index in [4.69, 9.17) is 18.4 Å². The summed E-state index contributed by atoms with van der Waals surface area (Å²) in [6.45, 7) is 2.40. The third kappa shape index (κ3) is 4.63. The number of ether oxygens (including phenoxy) is 3. The number of aliphatic hydroxyl groups is 1. The second-order valence-electron chi connectivity index (χ2n) is 6.91. The summed E-state index contributed by atoms with van der Waals surface area (Å²) in [5, 5.41) is 9.97. The van der Waals surface area contributed by atoms with Crippen molar-refractivity contribution in [2.24, 2.45) is 0 Å².